The zero-order valence-corrected chi connectivity index (χ0v) is 12.7. The second-order valence-electron chi connectivity index (χ2n) is 3.79. The lowest BCUT2D eigenvalue weighted by Gasteiger charge is -2.11. The third kappa shape index (κ3) is 3.24. The number of rotatable bonds is 3. The molecule has 0 bridgehead atoms. The van der Waals surface area contributed by atoms with Gasteiger partial charge in [0.15, 0.2) is 0 Å². The van der Waals surface area contributed by atoms with Gasteiger partial charge in [0, 0.05) is 32.5 Å². The SMILES string of the molecule is Nc1cc(Nc2c(Br)cccc2Br)cc([N+](=O)[O-])c1. The molecule has 0 aliphatic rings. The van der Waals surface area contributed by atoms with Crippen LogP contribution in [-0.4, -0.2) is 4.92 Å². The van der Waals surface area contributed by atoms with Crippen molar-refractivity contribution in [2.75, 3.05) is 11.1 Å². The highest BCUT2D eigenvalue weighted by Crippen LogP contribution is 2.34. The number of anilines is 3. The Morgan fingerprint density at radius 1 is 1.16 bits per heavy atom. The van der Waals surface area contributed by atoms with Crippen molar-refractivity contribution in [3.05, 3.63) is 55.5 Å². The van der Waals surface area contributed by atoms with Crippen LogP contribution >= 0.6 is 31.9 Å². The summed E-state index contributed by atoms with van der Waals surface area (Å²) < 4.78 is 1.68. The minimum absolute atomic E-state index is 0.0503. The van der Waals surface area contributed by atoms with Gasteiger partial charge in [-0.2, -0.15) is 0 Å². The van der Waals surface area contributed by atoms with Gasteiger partial charge in [-0.1, -0.05) is 6.07 Å². The van der Waals surface area contributed by atoms with E-state index in [1.54, 1.807) is 6.07 Å². The van der Waals surface area contributed by atoms with Crippen molar-refractivity contribution in [2.24, 2.45) is 0 Å². The first-order valence-electron chi connectivity index (χ1n) is 5.23. The first kappa shape index (κ1) is 13.8. The summed E-state index contributed by atoms with van der Waals surface area (Å²) in [7, 11) is 0. The van der Waals surface area contributed by atoms with Crippen LogP contribution in [0.2, 0.25) is 0 Å². The van der Waals surface area contributed by atoms with Gasteiger partial charge in [0.1, 0.15) is 0 Å². The van der Waals surface area contributed by atoms with E-state index in [1.165, 1.54) is 12.1 Å². The van der Waals surface area contributed by atoms with Gasteiger partial charge in [0.2, 0.25) is 0 Å². The van der Waals surface area contributed by atoms with E-state index < -0.39 is 4.92 Å². The summed E-state index contributed by atoms with van der Waals surface area (Å²) in [6, 6.07) is 10.0. The van der Waals surface area contributed by atoms with E-state index in [9.17, 15) is 10.1 Å². The van der Waals surface area contributed by atoms with Crippen LogP contribution < -0.4 is 11.1 Å². The fraction of sp³-hybridized carbons (Fsp3) is 0. The van der Waals surface area contributed by atoms with Crippen molar-refractivity contribution >= 4 is 54.6 Å². The largest absolute Gasteiger partial charge is 0.398 e. The average Bonchev–Trinajstić information content (AvgIpc) is 2.33. The average molecular weight is 387 g/mol. The molecule has 0 unspecified atom stereocenters. The quantitative estimate of drug-likeness (QED) is 0.464. The van der Waals surface area contributed by atoms with Gasteiger partial charge in [-0.05, 0) is 50.1 Å². The van der Waals surface area contributed by atoms with Gasteiger partial charge in [0.25, 0.3) is 5.69 Å². The van der Waals surface area contributed by atoms with Crippen LogP contribution in [0, 0.1) is 10.1 Å². The second-order valence-corrected chi connectivity index (χ2v) is 5.50. The molecule has 0 amide bonds. The summed E-state index contributed by atoms with van der Waals surface area (Å²) in [5, 5.41) is 13.9. The topological polar surface area (TPSA) is 81.2 Å². The van der Waals surface area contributed by atoms with E-state index in [0.717, 1.165) is 14.6 Å². The van der Waals surface area contributed by atoms with Crippen molar-refractivity contribution in [1.29, 1.82) is 0 Å². The van der Waals surface area contributed by atoms with Crippen molar-refractivity contribution in [1.82, 2.24) is 0 Å². The number of hydrogen-bond acceptors (Lipinski definition) is 4. The molecule has 2 aromatic carbocycles. The molecule has 0 radical (unpaired) electrons. The van der Waals surface area contributed by atoms with E-state index in [4.69, 9.17) is 5.73 Å². The number of halogens is 2. The maximum Gasteiger partial charge on any atom is 0.273 e. The molecule has 0 spiro atoms. The molecule has 2 rings (SSSR count). The van der Waals surface area contributed by atoms with Crippen molar-refractivity contribution < 1.29 is 4.92 Å². The fourth-order valence-electron chi connectivity index (χ4n) is 1.57. The molecular formula is C12H9Br2N3O2. The zero-order chi connectivity index (χ0) is 14.0. The molecule has 0 aromatic heterocycles. The number of para-hydroxylation sites is 1. The van der Waals surface area contributed by atoms with Crippen LogP contribution in [0.4, 0.5) is 22.7 Å². The first-order valence-corrected chi connectivity index (χ1v) is 6.82. The fourth-order valence-corrected chi connectivity index (χ4v) is 2.77. The van der Waals surface area contributed by atoms with E-state index in [2.05, 4.69) is 37.2 Å². The van der Waals surface area contributed by atoms with Crippen LogP contribution in [0.15, 0.2) is 45.3 Å². The molecule has 5 nitrogen and oxygen atoms in total. The van der Waals surface area contributed by atoms with E-state index in [0.29, 0.717) is 11.4 Å². The van der Waals surface area contributed by atoms with E-state index in [1.807, 2.05) is 18.2 Å². The number of hydrogen-bond donors (Lipinski definition) is 2. The summed E-state index contributed by atoms with van der Waals surface area (Å²) in [6.07, 6.45) is 0. The van der Waals surface area contributed by atoms with Crippen molar-refractivity contribution in [3.63, 3.8) is 0 Å². The number of nitro groups is 1. The lowest BCUT2D eigenvalue weighted by Crippen LogP contribution is -1.97. The maximum absolute atomic E-state index is 10.8. The zero-order valence-electron chi connectivity index (χ0n) is 9.56. The number of non-ortho nitro benzene ring substituents is 1. The Kier molecular flexibility index (Phi) is 4.06. The molecule has 0 heterocycles. The highest BCUT2D eigenvalue weighted by atomic mass is 79.9. The Hall–Kier alpha value is -1.60. The minimum atomic E-state index is -0.476. The predicted molar refractivity (Wildman–Crippen MR) is 82.6 cm³/mol. The molecule has 0 aliphatic heterocycles. The summed E-state index contributed by atoms with van der Waals surface area (Å²) >= 11 is 6.83. The molecule has 3 N–H and O–H groups in total. The number of nitrogens with two attached hydrogens (primary N) is 1. The minimum Gasteiger partial charge on any atom is -0.398 e. The normalized spacial score (nSPS) is 10.2. The van der Waals surface area contributed by atoms with Gasteiger partial charge >= 0.3 is 0 Å². The number of benzene rings is 2. The van der Waals surface area contributed by atoms with Gasteiger partial charge in [-0.15, -0.1) is 0 Å². The second kappa shape index (κ2) is 5.58. The van der Waals surface area contributed by atoms with Crippen LogP contribution in [0.3, 0.4) is 0 Å². The predicted octanol–water partition coefficient (Wildman–Crippen LogP) is 4.45. The smallest absolute Gasteiger partial charge is 0.273 e. The number of nitrogens with zero attached hydrogens (tertiary/aromatic N) is 1. The number of nitrogens with one attached hydrogen (secondary N) is 1. The summed E-state index contributed by atoms with van der Waals surface area (Å²) in [5.74, 6) is 0. The van der Waals surface area contributed by atoms with Gasteiger partial charge in [-0.3, -0.25) is 10.1 Å². The Bertz CT molecular complexity index is 627. The van der Waals surface area contributed by atoms with Crippen LogP contribution in [0.1, 0.15) is 0 Å². The third-order valence-electron chi connectivity index (χ3n) is 2.38. The Labute approximate surface area is 126 Å². The molecule has 0 fully saturated rings. The Morgan fingerprint density at radius 3 is 2.37 bits per heavy atom. The first-order chi connectivity index (χ1) is 8.97. The summed E-state index contributed by atoms with van der Waals surface area (Å²) in [6.45, 7) is 0. The molecule has 0 saturated heterocycles. The van der Waals surface area contributed by atoms with Gasteiger partial charge < -0.3 is 11.1 Å². The lowest BCUT2D eigenvalue weighted by molar-refractivity contribution is -0.384. The van der Waals surface area contributed by atoms with Crippen LogP contribution in [0.5, 0.6) is 0 Å². The molecule has 7 heteroatoms. The Balaban J connectivity index is 2.41. The highest BCUT2D eigenvalue weighted by Gasteiger charge is 2.10. The van der Waals surface area contributed by atoms with Gasteiger partial charge in [0.05, 0.1) is 10.6 Å². The molecule has 0 saturated carbocycles. The molecule has 2 aromatic rings. The standard InChI is InChI=1S/C12H9Br2N3O2/c13-10-2-1-3-11(14)12(10)16-8-4-7(15)5-9(6-8)17(18)19/h1-6,16H,15H2. The third-order valence-corrected chi connectivity index (χ3v) is 3.70. The van der Waals surface area contributed by atoms with E-state index in [-0.39, 0.29) is 5.69 Å². The van der Waals surface area contributed by atoms with Crippen LogP contribution in [-0.2, 0) is 0 Å². The number of nitrogen functional groups attached to an aromatic ring is 1. The molecule has 19 heavy (non-hydrogen) atoms. The van der Waals surface area contributed by atoms with Gasteiger partial charge in [-0.25, -0.2) is 0 Å². The molecule has 98 valence electrons. The monoisotopic (exact) mass is 385 g/mol. The van der Waals surface area contributed by atoms with E-state index >= 15 is 0 Å². The highest BCUT2D eigenvalue weighted by molar-refractivity contribution is 9.11. The summed E-state index contributed by atoms with van der Waals surface area (Å²) in [5.41, 5.74) is 7.28. The van der Waals surface area contributed by atoms with Crippen LogP contribution in [0.25, 0.3) is 0 Å². The maximum atomic E-state index is 10.8. The molecule has 0 aliphatic carbocycles. The molecule has 0 atom stereocenters. The van der Waals surface area contributed by atoms with Crippen molar-refractivity contribution in [3.8, 4) is 0 Å². The Morgan fingerprint density at radius 2 is 1.79 bits per heavy atom. The number of nitro benzene ring substituents is 1. The van der Waals surface area contributed by atoms with Crippen molar-refractivity contribution in [2.45, 2.75) is 0 Å². The lowest BCUT2D eigenvalue weighted by atomic mass is 10.2. The molecular weight excluding hydrogens is 378 g/mol. The summed E-state index contributed by atoms with van der Waals surface area (Å²) in [4.78, 5) is 10.3.